The van der Waals surface area contributed by atoms with Crippen LogP contribution >= 0.6 is 0 Å². The van der Waals surface area contributed by atoms with E-state index in [0.29, 0.717) is 12.1 Å². The predicted molar refractivity (Wildman–Crippen MR) is 114 cm³/mol. The number of nitrogens with zero attached hydrogens (tertiary/aromatic N) is 1. The van der Waals surface area contributed by atoms with Crippen LogP contribution in [0.25, 0.3) is 10.8 Å². The van der Waals surface area contributed by atoms with Gasteiger partial charge in [-0.05, 0) is 66.0 Å². The minimum absolute atomic E-state index is 0.0770. The maximum absolute atomic E-state index is 12.9. The lowest BCUT2D eigenvalue weighted by atomic mass is 10.0. The van der Waals surface area contributed by atoms with Gasteiger partial charge in [-0.3, -0.25) is 9.69 Å². The van der Waals surface area contributed by atoms with Crippen LogP contribution in [0.2, 0.25) is 0 Å². The Labute approximate surface area is 166 Å². The number of likely N-dealkylation sites (tertiary alicyclic amines) is 1. The van der Waals surface area contributed by atoms with E-state index in [1.54, 1.807) is 0 Å². The van der Waals surface area contributed by atoms with Gasteiger partial charge in [0.05, 0.1) is 6.04 Å². The van der Waals surface area contributed by atoms with Crippen LogP contribution < -0.4 is 11.1 Å². The summed E-state index contributed by atoms with van der Waals surface area (Å²) >= 11 is 0. The van der Waals surface area contributed by atoms with Crippen molar-refractivity contribution in [1.29, 1.82) is 0 Å². The average molecular weight is 374 g/mol. The summed E-state index contributed by atoms with van der Waals surface area (Å²) in [5.41, 5.74) is 8.90. The Morgan fingerprint density at radius 2 is 1.75 bits per heavy atom. The van der Waals surface area contributed by atoms with E-state index in [9.17, 15) is 4.79 Å². The molecule has 4 rings (SSSR count). The molecule has 0 spiro atoms. The lowest BCUT2D eigenvalue weighted by molar-refractivity contribution is 0.0937. The molecule has 1 fully saturated rings. The van der Waals surface area contributed by atoms with Crippen molar-refractivity contribution in [3.8, 4) is 0 Å². The van der Waals surface area contributed by atoms with Gasteiger partial charge in [-0.1, -0.05) is 48.5 Å². The Bertz CT molecular complexity index is 963. The van der Waals surface area contributed by atoms with Crippen molar-refractivity contribution in [2.24, 2.45) is 5.73 Å². The molecule has 0 aromatic heterocycles. The van der Waals surface area contributed by atoms with Crippen LogP contribution in [0.5, 0.6) is 0 Å². The third-order valence-electron chi connectivity index (χ3n) is 5.51. The summed E-state index contributed by atoms with van der Waals surface area (Å²) in [5.74, 6) is -0.0770. The Morgan fingerprint density at radius 3 is 2.54 bits per heavy atom. The number of hydrogen-bond donors (Lipinski definition) is 2. The van der Waals surface area contributed by atoms with Crippen molar-refractivity contribution in [2.75, 3.05) is 19.6 Å². The molecule has 1 amide bonds. The molecular formula is C24H27N3O. The summed E-state index contributed by atoms with van der Waals surface area (Å²) < 4.78 is 0. The second-order valence-corrected chi connectivity index (χ2v) is 7.55. The van der Waals surface area contributed by atoms with Crippen molar-refractivity contribution >= 4 is 16.7 Å². The zero-order valence-corrected chi connectivity index (χ0v) is 16.1. The van der Waals surface area contributed by atoms with E-state index in [1.807, 2.05) is 36.4 Å². The van der Waals surface area contributed by atoms with Crippen LogP contribution in [0, 0.1) is 0 Å². The normalized spacial score (nSPS) is 15.6. The Hall–Kier alpha value is -2.69. The van der Waals surface area contributed by atoms with Crippen LogP contribution in [-0.4, -0.2) is 30.4 Å². The van der Waals surface area contributed by atoms with Crippen LogP contribution in [-0.2, 0) is 6.54 Å². The molecule has 4 heteroatoms. The monoisotopic (exact) mass is 373 g/mol. The van der Waals surface area contributed by atoms with Crippen LogP contribution in [0.15, 0.2) is 66.7 Å². The zero-order valence-electron chi connectivity index (χ0n) is 16.1. The van der Waals surface area contributed by atoms with Gasteiger partial charge in [0, 0.05) is 18.7 Å². The molecule has 0 saturated carbocycles. The number of rotatable bonds is 6. The number of hydrogen-bond acceptors (Lipinski definition) is 3. The van der Waals surface area contributed by atoms with E-state index in [2.05, 4.69) is 40.5 Å². The molecule has 1 aliphatic heterocycles. The lowest BCUT2D eigenvalue weighted by Crippen LogP contribution is -2.33. The van der Waals surface area contributed by atoms with E-state index < -0.39 is 0 Å². The predicted octanol–water partition coefficient (Wildman–Crippen LogP) is 3.87. The highest BCUT2D eigenvalue weighted by Crippen LogP contribution is 2.21. The molecule has 1 atom stereocenters. The first-order valence-electron chi connectivity index (χ1n) is 10.0. The molecule has 144 valence electrons. The fourth-order valence-corrected chi connectivity index (χ4v) is 3.95. The third kappa shape index (κ3) is 4.24. The van der Waals surface area contributed by atoms with Gasteiger partial charge in [0.2, 0.25) is 0 Å². The number of carbonyl (C=O) groups is 1. The summed E-state index contributed by atoms with van der Waals surface area (Å²) in [6.45, 7) is 3.56. The van der Waals surface area contributed by atoms with Crippen molar-refractivity contribution in [2.45, 2.75) is 25.4 Å². The average Bonchev–Trinajstić information content (AvgIpc) is 3.24. The van der Waals surface area contributed by atoms with Gasteiger partial charge in [-0.25, -0.2) is 0 Å². The van der Waals surface area contributed by atoms with Crippen molar-refractivity contribution in [3.05, 3.63) is 83.4 Å². The highest BCUT2D eigenvalue weighted by atomic mass is 16.1. The van der Waals surface area contributed by atoms with Gasteiger partial charge in [0.15, 0.2) is 0 Å². The Morgan fingerprint density at radius 1 is 0.964 bits per heavy atom. The Kier molecular flexibility index (Phi) is 5.70. The molecule has 28 heavy (non-hydrogen) atoms. The fraction of sp³-hybridized carbons (Fsp3) is 0.292. The zero-order chi connectivity index (χ0) is 19.3. The summed E-state index contributed by atoms with van der Waals surface area (Å²) in [6, 6.07) is 22.2. The summed E-state index contributed by atoms with van der Waals surface area (Å²) in [7, 11) is 0. The van der Waals surface area contributed by atoms with E-state index in [1.165, 1.54) is 23.8 Å². The van der Waals surface area contributed by atoms with Crippen LogP contribution in [0.4, 0.5) is 0 Å². The number of nitrogens with one attached hydrogen (secondary N) is 1. The molecule has 1 unspecified atom stereocenters. The van der Waals surface area contributed by atoms with Gasteiger partial charge in [-0.2, -0.15) is 0 Å². The SMILES string of the molecule is NCC(NC(=O)c1cccc(CN2CCCC2)c1)c1ccc2ccccc2c1. The van der Waals surface area contributed by atoms with E-state index in [-0.39, 0.29) is 11.9 Å². The van der Waals surface area contributed by atoms with Gasteiger partial charge < -0.3 is 11.1 Å². The standard InChI is InChI=1S/C24H27N3O/c25-16-23(21-11-10-19-7-1-2-8-20(19)15-21)26-24(28)22-9-5-6-18(14-22)17-27-12-3-4-13-27/h1-2,5-11,14-15,23H,3-4,12-13,16-17,25H2,(H,26,28). The minimum atomic E-state index is -0.209. The number of carbonyl (C=O) groups excluding carboxylic acids is 1. The number of amides is 1. The highest BCUT2D eigenvalue weighted by Gasteiger charge is 2.16. The minimum Gasteiger partial charge on any atom is -0.344 e. The first-order chi connectivity index (χ1) is 13.7. The van der Waals surface area contributed by atoms with Crippen LogP contribution in [0.3, 0.4) is 0 Å². The van der Waals surface area contributed by atoms with Crippen molar-refractivity contribution in [1.82, 2.24) is 10.2 Å². The molecule has 0 bridgehead atoms. The third-order valence-corrected chi connectivity index (χ3v) is 5.51. The molecule has 1 saturated heterocycles. The van der Waals surface area contributed by atoms with Gasteiger partial charge in [-0.15, -0.1) is 0 Å². The highest BCUT2D eigenvalue weighted by molar-refractivity contribution is 5.94. The maximum Gasteiger partial charge on any atom is 0.251 e. The molecule has 0 aliphatic carbocycles. The number of fused-ring (bicyclic) bond motifs is 1. The van der Waals surface area contributed by atoms with Gasteiger partial charge in [0.1, 0.15) is 0 Å². The lowest BCUT2D eigenvalue weighted by Gasteiger charge is -2.19. The van der Waals surface area contributed by atoms with E-state index >= 15 is 0 Å². The quantitative estimate of drug-likeness (QED) is 0.690. The molecule has 3 N–H and O–H groups in total. The second-order valence-electron chi connectivity index (χ2n) is 7.55. The summed E-state index contributed by atoms with van der Waals surface area (Å²) in [6.07, 6.45) is 2.54. The first kappa shape index (κ1) is 18.7. The smallest absolute Gasteiger partial charge is 0.251 e. The van der Waals surface area contributed by atoms with Gasteiger partial charge in [0.25, 0.3) is 5.91 Å². The van der Waals surface area contributed by atoms with E-state index in [4.69, 9.17) is 5.73 Å². The molecule has 3 aromatic carbocycles. The fourth-order valence-electron chi connectivity index (χ4n) is 3.95. The molecule has 0 radical (unpaired) electrons. The van der Waals surface area contributed by atoms with Crippen molar-refractivity contribution < 1.29 is 4.79 Å². The summed E-state index contributed by atoms with van der Waals surface area (Å²) in [4.78, 5) is 15.3. The molecular weight excluding hydrogens is 346 g/mol. The number of benzene rings is 3. The number of nitrogens with two attached hydrogens (primary N) is 1. The van der Waals surface area contributed by atoms with Gasteiger partial charge >= 0.3 is 0 Å². The van der Waals surface area contributed by atoms with Crippen LogP contribution in [0.1, 0.15) is 40.4 Å². The first-order valence-corrected chi connectivity index (χ1v) is 10.0. The summed E-state index contributed by atoms with van der Waals surface area (Å²) in [5, 5.41) is 5.44. The van der Waals surface area contributed by atoms with Crippen molar-refractivity contribution in [3.63, 3.8) is 0 Å². The molecule has 1 heterocycles. The topological polar surface area (TPSA) is 58.4 Å². The molecule has 1 aliphatic rings. The molecule has 3 aromatic rings. The molecule has 4 nitrogen and oxygen atoms in total. The maximum atomic E-state index is 12.9. The Balaban J connectivity index is 1.49. The van der Waals surface area contributed by atoms with E-state index in [0.717, 1.165) is 30.6 Å². The largest absolute Gasteiger partial charge is 0.344 e. The second kappa shape index (κ2) is 8.55.